The quantitative estimate of drug-likeness (QED) is 0.773. The number of epoxide rings is 1. The molecule has 18 heavy (non-hydrogen) atoms. The van der Waals surface area contributed by atoms with E-state index >= 15 is 0 Å². The van der Waals surface area contributed by atoms with E-state index in [-0.39, 0.29) is 18.1 Å². The highest BCUT2D eigenvalue weighted by Gasteiger charge is 2.41. The molecule has 1 fully saturated rings. The minimum Gasteiger partial charge on any atom is -0.491 e. The fourth-order valence-electron chi connectivity index (χ4n) is 2.17. The van der Waals surface area contributed by atoms with Gasteiger partial charge in [-0.15, -0.1) is 0 Å². The Hall–Kier alpha value is -1.59. The first-order valence-electron chi connectivity index (χ1n) is 6.07. The molecule has 1 amide bonds. The van der Waals surface area contributed by atoms with E-state index in [9.17, 15) is 9.90 Å². The van der Waals surface area contributed by atoms with Crippen LogP contribution < -0.4 is 10.1 Å². The molecule has 3 rings (SSSR count). The van der Waals surface area contributed by atoms with Gasteiger partial charge in [-0.1, -0.05) is 12.1 Å². The number of carbonyl (C=O) groups excluding carboxylic acids is 1. The van der Waals surface area contributed by atoms with Gasteiger partial charge in [0.2, 0.25) is 0 Å². The molecule has 5 nitrogen and oxygen atoms in total. The number of ether oxygens (including phenoxy) is 2. The minimum atomic E-state index is -0.526. The normalized spacial score (nSPS) is 29.1. The minimum absolute atomic E-state index is 0.0175. The van der Waals surface area contributed by atoms with Gasteiger partial charge < -0.3 is 19.9 Å². The summed E-state index contributed by atoms with van der Waals surface area (Å²) in [4.78, 5) is 11.8. The molecule has 3 atom stereocenters. The van der Waals surface area contributed by atoms with E-state index in [0.717, 1.165) is 5.56 Å². The van der Waals surface area contributed by atoms with Gasteiger partial charge in [0.25, 0.3) is 5.91 Å². The third-order valence-electron chi connectivity index (χ3n) is 3.27. The molecule has 1 unspecified atom stereocenters. The summed E-state index contributed by atoms with van der Waals surface area (Å²) in [7, 11) is 0. The van der Waals surface area contributed by atoms with Crippen molar-refractivity contribution in [3.63, 3.8) is 0 Å². The number of para-hydroxylation sites is 1. The Morgan fingerprint density at radius 1 is 1.50 bits per heavy atom. The van der Waals surface area contributed by atoms with Crippen LogP contribution in [0.3, 0.4) is 0 Å². The number of nitrogens with one attached hydrogen (secondary N) is 1. The summed E-state index contributed by atoms with van der Waals surface area (Å²) < 4.78 is 10.7. The summed E-state index contributed by atoms with van der Waals surface area (Å²) in [5.74, 6) is 0.400. The van der Waals surface area contributed by atoms with Gasteiger partial charge in [0.05, 0.1) is 24.5 Å². The van der Waals surface area contributed by atoms with E-state index < -0.39 is 6.10 Å². The Morgan fingerprint density at radius 3 is 3.00 bits per heavy atom. The molecule has 0 radical (unpaired) electrons. The number of fused-ring (bicyclic) bond motifs is 1. The monoisotopic (exact) mass is 249 g/mol. The van der Waals surface area contributed by atoms with Crippen LogP contribution >= 0.6 is 0 Å². The average molecular weight is 249 g/mol. The first-order chi connectivity index (χ1) is 8.66. The number of benzene rings is 1. The molecule has 1 aromatic carbocycles. The first kappa shape index (κ1) is 11.5. The Balaban J connectivity index is 1.84. The zero-order chi connectivity index (χ0) is 12.7. The highest BCUT2D eigenvalue weighted by atomic mass is 16.6. The van der Waals surface area contributed by atoms with Gasteiger partial charge in [0, 0.05) is 12.0 Å². The lowest BCUT2D eigenvalue weighted by Gasteiger charge is -2.24. The molecule has 0 saturated carbocycles. The second-order valence-corrected chi connectivity index (χ2v) is 4.63. The van der Waals surface area contributed by atoms with Gasteiger partial charge in [0.15, 0.2) is 6.10 Å². The zero-order valence-electron chi connectivity index (χ0n) is 10.1. The van der Waals surface area contributed by atoms with Gasteiger partial charge in [0.1, 0.15) is 5.75 Å². The van der Waals surface area contributed by atoms with Crippen LogP contribution in [0.2, 0.25) is 0 Å². The van der Waals surface area contributed by atoms with Crippen LogP contribution in [0.25, 0.3) is 0 Å². The van der Waals surface area contributed by atoms with Crippen LogP contribution in [-0.2, 0) is 9.53 Å². The zero-order valence-corrected chi connectivity index (χ0v) is 10.1. The maximum Gasteiger partial charge on any atom is 0.256 e. The number of aliphatic hydroxyl groups excluding tert-OH is 1. The number of hydrogen-bond donors (Lipinski definition) is 2. The fraction of sp³-hybridized carbons (Fsp3) is 0.462. The van der Waals surface area contributed by atoms with E-state index in [2.05, 4.69) is 5.32 Å². The van der Waals surface area contributed by atoms with Crippen LogP contribution in [0.1, 0.15) is 25.0 Å². The van der Waals surface area contributed by atoms with Crippen LogP contribution in [0.15, 0.2) is 18.2 Å². The summed E-state index contributed by atoms with van der Waals surface area (Å²) in [6, 6.07) is 5.37. The van der Waals surface area contributed by atoms with E-state index in [4.69, 9.17) is 9.47 Å². The topological polar surface area (TPSA) is 71.1 Å². The summed E-state index contributed by atoms with van der Waals surface area (Å²) >= 11 is 0. The SMILES string of the molecule is C[C@@H]1O[C@H]1C(=O)Nc1cccc2c1OCCC2O. The molecule has 0 bridgehead atoms. The van der Waals surface area contributed by atoms with Gasteiger partial charge in [-0.3, -0.25) is 4.79 Å². The van der Waals surface area contributed by atoms with Crippen LogP contribution in [0, 0.1) is 0 Å². The molecule has 0 spiro atoms. The number of carbonyl (C=O) groups is 1. The van der Waals surface area contributed by atoms with Gasteiger partial charge in [-0.05, 0) is 13.0 Å². The molecule has 96 valence electrons. The number of aliphatic hydroxyl groups is 1. The van der Waals surface area contributed by atoms with E-state index in [1.165, 1.54) is 0 Å². The number of hydrogen-bond acceptors (Lipinski definition) is 4. The predicted octanol–water partition coefficient (Wildman–Crippen LogP) is 1.23. The summed E-state index contributed by atoms with van der Waals surface area (Å²) in [5.41, 5.74) is 1.32. The Morgan fingerprint density at radius 2 is 2.28 bits per heavy atom. The molecule has 1 saturated heterocycles. The molecule has 0 aliphatic carbocycles. The highest BCUT2D eigenvalue weighted by molar-refractivity contribution is 5.97. The molecular weight excluding hydrogens is 234 g/mol. The Labute approximate surface area is 105 Å². The molecule has 5 heteroatoms. The lowest BCUT2D eigenvalue weighted by atomic mass is 10.0. The molecule has 2 aliphatic rings. The fourth-order valence-corrected chi connectivity index (χ4v) is 2.17. The smallest absolute Gasteiger partial charge is 0.256 e. The van der Waals surface area contributed by atoms with Crippen molar-refractivity contribution in [1.29, 1.82) is 0 Å². The van der Waals surface area contributed by atoms with E-state index in [1.807, 2.05) is 13.0 Å². The summed E-state index contributed by atoms with van der Waals surface area (Å²) in [5, 5.41) is 12.6. The second kappa shape index (κ2) is 4.26. The Bertz CT molecular complexity index is 488. The van der Waals surface area contributed by atoms with Crippen LogP contribution in [-0.4, -0.2) is 29.8 Å². The largest absolute Gasteiger partial charge is 0.491 e. The molecule has 0 aromatic heterocycles. The first-order valence-corrected chi connectivity index (χ1v) is 6.07. The second-order valence-electron chi connectivity index (χ2n) is 4.63. The standard InChI is InChI=1S/C13H15NO4/c1-7-11(18-7)13(16)14-9-4-2-3-8-10(15)5-6-17-12(8)9/h2-4,7,10-11,15H,5-6H2,1H3,(H,14,16)/t7-,10?,11+/m0/s1. The Kier molecular flexibility index (Phi) is 2.72. The molecule has 1 aromatic rings. The van der Waals surface area contributed by atoms with Crippen molar-refractivity contribution >= 4 is 11.6 Å². The van der Waals surface area contributed by atoms with Crippen molar-refractivity contribution in [3.8, 4) is 5.75 Å². The average Bonchev–Trinajstić information content (AvgIpc) is 3.08. The number of amides is 1. The molecular formula is C13H15NO4. The maximum atomic E-state index is 11.8. The predicted molar refractivity (Wildman–Crippen MR) is 64.5 cm³/mol. The van der Waals surface area contributed by atoms with Crippen molar-refractivity contribution in [2.75, 3.05) is 11.9 Å². The van der Waals surface area contributed by atoms with Crippen molar-refractivity contribution in [2.45, 2.75) is 31.7 Å². The lowest BCUT2D eigenvalue weighted by Crippen LogP contribution is -2.21. The van der Waals surface area contributed by atoms with E-state index in [0.29, 0.717) is 24.5 Å². The summed E-state index contributed by atoms with van der Waals surface area (Å²) in [6.45, 7) is 2.31. The van der Waals surface area contributed by atoms with E-state index in [1.54, 1.807) is 12.1 Å². The van der Waals surface area contributed by atoms with Crippen molar-refractivity contribution in [2.24, 2.45) is 0 Å². The molecule has 2 heterocycles. The third kappa shape index (κ3) is 1.95. The van der Waals surface area contributed by atoms with Gasteiger partial charge >= 0.3 is 0 Å². The summed E-state index contributed by atoms with van der Waals surface area (Å²) in [6.07, 6.45) is -0.334. The van der Waals surface area contributed by atoms with Crippen molar-refractivity contribution in [1.82, 2.24) is 0 Å². The number of rotatable bonds is 2. The maximum absolute atomic E-state index is 11.8. The van der Waals surface area contributed by atoms with Crippen molar-refractivity contribution in [3.05, 3.63) is 23.8 Å². The van der Waals surface area contributed by atoms with Crippen LogP contribution in [0.5, 0.6) is 5.75 Å². The lowest BCUT2D eigenvalue weighted by molar-refractivity contribution is -0.117. The van der Waals surface area contributed by atoms with Gasteiger partial charge in [-0.2, -0.15) is 0 Å². The van der Waals surface area contributed by atoms with Crippen molar-refractivity contribution < 1.29 is 19.4 Å². The molecule has 2 aliphatic heterocycles. The van der Waals surface area contributed by atoms with Crippen LogP contribution in [0.4, 0.5) is 5.69 Å². The van der Waals surface area contributed by atoms with Gasteiger partial charge in [-0.25, -0.2) is 0 Å². The number of anilines is 1. The third-order valence-corrected chi connectivity index (χ3v) is 3.27. The molecule has 2 N–H and O–H groups in total. The highest BCUT2D eigenvalue weighted by Crippen LogP contribution is 2.38.